The molecule has 0 bridgehead atoms. The van der Waals surface area contributed by atoms with Gasteiger partial charge in [-0.25, -0.2) is 4.98 Å². The molecule has 134 valence electrons. The topological polar surface area (TPSA) is 52.6 Å². The molecular weight excluding hydrogens is 398 g/mol. The van der Waals surface area contributed by atoms with Crippen LogP contribution >= 0.6 is 27.3 Å². The second-order valence-corrected chi connectivity index (χ2v) is 8.34. The molecule has 25 heavy (non-hydrogen) atoms. The van der Waals surface area contributed by atoms with Crippen LogP contribution in [0.5, 0.6) is 0 Å². The Labute approximate surface area is 161 Å². The smallest absolute Gasteiger partial charge is 0.191 e. The third-order valence-corrected chi connectivity index (χ3v) is 6.11. The number of hydrogen-bond acceptors (Lipinski definition) is 4. The van der Waals surface area contributed by atoms with Gasteiger partial charge in [0.25, 0.3) is 0 Å². The van der Waals surface area contributed by atoms with Crippen molar-refractivity contribution >= 4 is 38.9 Å². The molecule has 1 aliphatic rings. The van der Waals surface area contributed by atoms with Crippen molar-refractivity contribution in [3.05, 3.63) is 44.3 Å². The zero-order chi connectivity index (χ0) is 17.8. The van der Waals surface area contributed by atoms with Crippen molar-refractivity contribution in [3.8, 4) is 0 Å². The number of aryl methyl sites for hydroxylation is 2. The van der Waals surface area contributed by atoms with E-state index in [0.717, 1.165) is 47.2 Å². The van der Waals surface area contributed by atoms with Crippen molar-refractivity contribution in [3.63, 3.8) is 0 Å². The van der Waals surface area contributed by atoms with Gasteiger partial charge in [0.2, 0.25) is 0 Å². The molecule has 3 rings (SSSR count). The Kier molecular flexibility index (Phi) is 5.96. The maximum absolute atomic E-state index is 4.48. The number of benzene rings is 1. The van der Waals surface area contributed by atoms with E-state index in [4.69, 9.17) is 0 Å². The Morgan fingerprint density at radius 1 is 1.40 bits per heavy atom. The summed E-state index contributed by atoms with van der Waals surface area (Å²) in [5.41, 5.74) is 2.36. The lowest BCUT2D eigenvalue weighted by molar-refractivity contribution is 0.649. The number of rotatable bonds is 4. The maximum Gasteiger partial charge on any atom is 0.191 e. The van der Waals surface area contributed by atoms with E-state index in [2.05, 4.69) is 66.6 Å². The largest absolute Gasteiger partial charge is 0.368 e. The summed E-state index contributed by atoms with van der Waals surface area (Å²) in [5, 5.41) is 8.07. The Hall–Kier alpha value is -1.60. The first kappa shape index (κ1) is 18.2. The SMILES string of the molecule is CN=C(NCc1sc(C)nc1C)NC1CCN(c2ccccc2Br)C1. The standard InChI is InChI=1S/C18H24BrN5S/c1-12-17(25-13(2)22-12)10-21-18(20-3)23-14-8-9-24(11-14)16-7-5-4-6-15(16)19/h4-7,14H,8-11H2,1-3H3,(H2,20,21,23). The summed E-state index contributed by atoms with van der Waals surface area (Å²) in [6.07, 6.45) is 1.10. The fourth-order valence-electron chi connectivity index (χ4n) is 3.09. The van der Waals surface area contributed by atoms with Gasteiger partial charge in [-0.1, -0.05) is 12.1 Å². The average Bonchev–Trinajstić information content (AvgIpc) is 3.18. The molecule has 0 spiro atoms. The number of halogens is 1. The van der Waals surface area contributed by atoms with Crippen LogP contribution in [0.2, 0.25) is 0 Å². The van der Waals surface area contributed by atoms with Crippen LogP contribution in [-0.4, -0.2) is 37.1 Å². The summed E-state index contributed by atoms with van der Waals surface area (Å²) in [4.78, 5) is 12.5. The lowest BCUT2D eigenvalue weighted by Gasteiger charge is -2.21. The molecule has 1 unspecified atom stereocenters. The monoisotopic (exact) mass is 421 g/mol. The lowest BCUT2D eigenvalue weighted by atomic mass is 10.2. The van der Waals surface area contributed by atoms with E-state index in [-0.39, 0.29) is 0 Å². The van der Waals surface area contributed by atoms with Gasteiger partial charge in [-0.2, -0.15) is 0 Å². The molecule has 5 nitrogen and oxygen atoms in total. The van der Waals surface area contributed by atoms with Gasteiger partial charge in [0.1, 0.15) is 0 Å². The van der Waals surface area contributed by atoms with E-state index in [1.54, 1.807) is 11.3 Å². The van der Waals surface area contributed by atoms with E-state index in [1.165, 1.54) is 10.6 Å². The molecule has 1 aromatic heterocycles. The second kappa shape index (κ2) is 8.19. The Morgan fingerprint density at radius 2 is 2.20 bits per heavy atom. The fourth-order valence-corrected chi connectivity index (χ4v) is 4.51. The predicted octanol–water partition coefficient (Wildman–Crippen LogP) is 3.47. The van der Waals surface area contributed by atoms with Gasteiger partial charge in [-0.3, -0.25) is 4.99 Å². The highest BCUT2D eigenvalue weighted by molar-refractivity contribution is 9.10. The van der Waals surface area contributed by atoms with Gasteiger partial charge < -0.3 is 15.5 Å². The van der Waals surface area contributed by atoms with Crippen LogP contribution in [0.1, 0.15) is 22.0 Å². The number of aliphatic imine (C=N–C) groups is 1. The average molecular weight is 422 g/mol. The molecule has 0 saturated carbocycles. The minimum absolute atomic E-state index is 0.391. The number of nitrogens with zero attached hydrogens (tertiary/aromatic N) is 3. The van der Waals surface area contributed by atoms with Crippen LogP contribution in [0, 0.1) is 13.8 Å². The van der Waals surface area contributed by atoms with E-state index >= 15 is 0 Å². The van der Waals surface area contributed by atoms with E-state index in [1.807, 2.05) is 20.0 Å². The van der Waals surface area contributed by atoms with Crippen molar-refractivity contribution in [1.29, 1.82) is 0 Å². The van der Waals surface area contributed by atoms with Gasteiger partial charge in [-0.05, 0) is 48.3 Å². The van der Waals surface area contributed by atoms with E-state index in [0.29, 0.717) is 6.04 Å². The summed E-state index contributed by atoms with van der Waals surface area (Å²) in [7, 11) is 1.82. The van der Waals surface area contributed by atoms with Crippen molar-refractivity contribution in [2.75, 3.05) is 25.0 Å². The van der Waals surface area contributed by atoms with Crippen LogP contribution in [0.4, 0.5) is 5.69 Å². The van der Waals surface area contributed by atoms with Gasteiger partial charge in [0.05, 0.1) is 22.9 Å². The molecule has 1 atom stereocenters. The van der Waals surface area contributed by atoms with Crippen molar-refractivity contribution in [2.24, 2.45) is 4.99 Å². The number of anilines is 1. The number of thiazole rings is 1. The first-order valence-electron chi connectivity index (χ1n) is 8.46. The quantitative estimate of drug-likeness (QED) is 0.585. The summed E-state index contributed by atoms with van der Waals surface area (Å²) in [6, 6.07) is 8.78. The number of hydrogen-bond donors (Lipinski definition) is 2. The molecule has 1 fully saturated rings. The molecule has 1 aliphatic heterocycles. The Bertz CT molecular complexity index is 758. The lowest BCUT2D eigenvalue weighted by Crippen LogP contribution is -2.44. The minimum atomic E-state index is 0.391. The molecule has 0 aliphatic carbocycles. The summed E-state index contributed by atoms with van der Waals surface area (Å²) < 4.78 is 1.15. The van der Waals surface area contributed by atoms with Gasteiger partial charge in [0.15, 0.2) is 5.96 Å². The molecule has 0 amide bonds. The normalized spacial score (nSPS) is 17.8. The summed E-state index contributed by atoms with van der Waals surface area (Å²) >= 11 is 5.39. The molecule has 1 aromatic carbocycles. The molecule has 7 heteroatoms. The molecule has 0 radical (unpaired) electrons. The van der Waals surface area contributed by atoms with Gasteiger partial charge in [-0.15, -0.1) is 11.3 Å². The highest BCUT2D eigenvalue weighted by atomic mass is 79.9. The highest BCUT2D eigenvalue weighted by Crippen LogP contribution is 2.28. The summed E-state index contributed by atoms with van der Waals surface area (Å²) in [6.45, 7) is 6.89. The van der Waals surface area contributed by atoms with Crippen molar-refractivity contribution in [1.82, 2.24) is 15.6 Å². The maximum atomic E-state index is 4.48. The number of para-hydroxylation sites is 1. The van der Waals surface area contributed by atoms with Crippen LogP contribution in [0.25, 0.3) is 0 Å². The predicted molar refractivity (Wildman–Crippen MR) is 110 cm³/mol. The first-order chi connectivity index (χ1) is 12.1. The van der Waals surface area contributed by atoms with Crippen LogP contribution in [0.3, 0.4) is 0 Å². The van der Waals surface area contributed by atoms with Gasteiger partial charge in [0, 0.05) is 35.5 Å². The van der Waals surface area contributed by atoms with Gasteiger partial charge >= 0.3 is 0 Å². The third kappa shape index (κ3) is 4.52. The first-order valence-corrected chi connectivity index (χ1v) is 10.1. The zero-order valence-electron chi connectivity index (χ0n) is 14.8. The third-order valence-electron chi connectivity index (χ3n) is 4.36. The van der Waals surface area contributed by atoms with Crippen LogP contribution in [0.15, 0.2) is 33.7 Å². The zero-order valence-corrected chi connectivity index (χ0v) is 17.2. The van der Waals surface area contributed by atoms with Crippen LogP contribution in [-0.2, 0) is 6.54 Å². The fraction of sp³-hybridized carbons (Fsp3) is 0.444. The van der Waals surface area contributed by atoms with Crippen LogP contribution < -0.4 is 15.5 Å². The van der Waals surface area contributed by atoms with Crippen molar-refractivity contribution in [2.45, 2.75) is 32.9 Å². The Morgan fingerprint density at radius 3 is 2.88 bits per heavy atom. The number of nitrogens with one attached hydrogen (secondary N) is 2. The molecule has 1 saturated heterocycles. The number of guanidine groups is 1. The minimum Gasteiger partial charge on any atom is -0.368 e. The van der Waals surface area contributed by atoms with E-state index in [9.17, 15) is 0 Å². The number of aromatic nitrogens is 1. The molecular formula is C18H24BrN5S. The molecule has 2 heterocycles. The summed E-state index contributed by atoms with van der Waals surface area (Å²) in [5.74, 6) is 0.851. The highest BCUT2D eigenvalue weighted by Gasteiger charge is 2.24. The second-order valence-electron chi connectivity index (χ2n) is 6.19. The van der Waals surface area contributed by atoms with Crippen molar-refractivity contribution < 1.29 is 0 Å². The molecule has 2 aromatic rings. The Balaban J connectivity index is 1.54. The van der Waals surface area contributed by atoms with E-state index < -0.39 is 0 Å². The molecule has 2 N–H and O–H groups in total.